The van der Waals surface area contributed by atoms with Gasteiger partial charge in [0.25, 0.3) is 0 Å². The first-order valence-corrected chi connectivity index (χ1v) is 9.96. The molecular formula is C9H19IN2. The van der Waals surface area contributed by atoms with Crippen LogP contribution in [-0.4, -0.2) is 39.2 Å². The molecule has 0 aromatic heterocycles. The van der Waals surface area contributed by atoms with E-state index in [-0.39, 0.29) is 0 Å². The summed E-state index contributed by atoms with van der Waals surface area (Å²) in [5, 5.41) is 3.51. The third-order valence-electron chi connectivity index (χ3n) is 3.20. The van der Waals surface area contributed by atoms with Gasteiger partial charge in [-0.3, -0.25) is 0 Å². The maximum atomic E-state index is 3.51. The van der Waals surface area contributed by atoms with Crippen LogP contribution in [0.5, 0.6) is 0 Å². The van der Waals surface area contributed by atoms with Crippen molar-refractivity contribution in [2.75, 3.05) is 36.0 Å². The van der Waals surface area contributed by atoms with Crippen LogP contribution in [0.2, 0.25) is 0 Å². The SMILES string of the molecule is CI(C)N1CCC2(CCNC2)C1. The summed E-state index contributed by atoms with van der Waals surface area (Å²) in [6, 6.07) is 0. The molecule has 2 aliphatic heterocycles. The van der Waals surface area contributed by atoms with E-state index in [0.29, 0.717) is 5.41 Å². The second kappa shape index (κ2) is 3.42. The van der Waals surface area contributed by atoms with Crippen molar-refractivity contribution in [2.45, 2.75) is 12.8 Å². The van der Waals surface area contributed by atoms with Crippen molar-refractivity contribution in [3.8, 4) is 0 Å². The van der Waals surface area contributed by atoms with Gasteiger partial charge in [-0.2, -0.15) is 0 Å². The Hall–Kier alpha value is 0.650. The molecule has 0 aliphatic carbocycles. The molecule has 2 rings (SSSR count). The maximum absolute atomic E-state index is 3.51. The Bertz CT molecular complexity index is 164. The zero-order valence-electron chi connectivity index (χ0n) is 8.07. The summed E-state index contributed by atoms with van der Waals surface area (Å²) in [4.78, 5) is 4.93. The summed E-state index contributed by atoms with van der Waals surface area (Å²) in [6.45, 7) is 5.33. The molecule has 1 unspecified atom stereocenters. The number of hydrogen-bond donors (Lipinski definition) is 1. The fraction of sp³-hybridized carbons (Fsp3) is 1.00. The fourth-order valence-electron chi connectivity index (χ4n) is 2.31. The molecule has 2 aliphatic rings. The molecule has 72 valence electrons. The zero-order valence-corrected chi connectivity index (χ0v) is 10.2. The number of nitrogens with one attached hydrogen (secondary N) is 1. The van der Waals surface area contributed by atoms with Crippen LogP contribution in [0, 0.1) is 5.41 Å². The fourth-order valence-corrected chi connectivity index (χ4v) is 4.92. The molecule has 0 saturated carbocycles. The van der Waals surface area contributed by atoms with Gasteiger partial charge in [0.05, 0.1) is 0 Å². The van der Waals surface area contributed by atoms with E-state index in [2.05, 4.69) is 18.3 Å². The van der Waals surface area contributed by atoms with Crippen molar-refractivity contribution >= 4 is 20.1 Å². The Morgan fingerprint density at radius 2 is 2.17 bits per heavy atom. The van der Waals surface area contributed by atoms with Gasteiger partial charge in [0.1, 0.15) is 0 Å². The Kier molecular flexibility index (Phi) is 2.63. The van der Waals surface area contributed by atoms with E-state index < -0.39 is 20.1 Å². The molecule has 2 heterocycles. The molecule has 2 nitrogen and oxygen atoms in total. The van der Waals surface area contributed by atoms with Crippen molar-refractivity contribution in [1.29, 1.82) is 0 Å². The number of halogens is 1. The second-order valence-electron chi connectivity index (χ2n) is 4.24. The average Bonchev–Trinajstić information content (AvgIpc) is 2.62. The Labute approximate surface area is 82.8 Å². The van der Waals surface area contributed by atoms with Crippen LogP contribution in [0.3, 0.4) is 0 Å². The van der Waals surface area contributed by atoms with E-state index in [1.165, 1.54) is 39.0 Å². The van der Waals surface area contributed by atoms with Crippen LogP contribution in [0.4, 0.5) is 0 Å². The Morgan fingerprint density at radius 1 is 1.33 bits per heavy atom. The quantitative estimate of drug-likeness (QED) is 0.444. The van der Waals surface area contributed by atoms with Gasteiger partial charge in [0.2, 0.25) is 0 Å². The summed E-state index contributed by atoms with van der Waals surface area (Å²) in [5.74, 6) is 0. The van der Waals surface area contributed by atoms with Crippen LogP contribution < -0.4 is 5.32 Å². The molecule has 0 aromatic carbocycles. The van der Waals surface area contributed by atoms with Gasteiger partial charge in [-0.25, -0.2) is 0 Å². The topological polar surface area (TPSA) is 15.3 Å². The van der Waals surface area contributed by atoms with E-state index in [1.54, 1.807) is 0 Å². The predicted octanol–water partition coefficient (Wildman–Crippen LogP) is 1.35. The monoisotopic (exact) mass is 282 g/mol. The van der Waals surface area contributed by atoms with Gasteiger partial charge >= 0.3 is 82.8 Å². The van der Waals surface area contributed by atoms with Gasteiger partial charge in [-0.15, -0.1) is 0 Å². The number of hydrogen-bond acceptors (Lipinski definition) is 2. The van der Waals surface area contributed by atoms with Crippen LogP contribution in [0.15, 0.2) is 0 Å². The molecule has 0 aromatic rings. The molecule has 3 heteroatoms. The van der Waals surface area contributed by atoms with E-state index >= 15 is 0 Å². The molecule has 2 saturated heterocycles. The molecular weight excluding hydrogens is 263 g/mol. The normalized spacial score (nSPS) is 38.0. The van der Waals surface area contributed by atoms with Gasteiger partial charge in [0.15, 0.2) is 0 Å². The minimum atomic E-state index is -0.658. The number of rotatable bonds is 1. The van der Waals surface area contributed by atoms with Crippen LogP contribution in [-0.2, 0) is 0 Å². The van der Waals surface area contributed by atoms with Crippen molar-refractivity contribution in [1.82, 2.24) is 8.43 Å². The standard InChI is InChI=1S/C9H19IN2/c1-10(2)12-6-4-9(8-12)3-5-11-7-9/h11H,3-8H2,1-2H3. The first kappa shape index (κ1) is 9.21. The van der Waals surface area contributed by atoms with Gasteiger partial charge in [-0.1, -0.05) is 0 Å². The molecule has 0 amide bonds. The average molecular weight is 282 g/mol. The predicted molar refractivity (Wildman–Crippen MR) is 62.0 cm³/mol. The number of nitrogens with zero attached hydrogens (tertiary/aromatic N) is 1. The summed E-state index contributed by atoms with van der Waals surface area (Å²) >= 11 is -0.658. The molecule has 0 radical (unpaired) electrons. The molecule has 1 spiro atoms. The van der Waals surface area contributed by atoms with Gasteiger partial charge in [-0.05, 0) is 0 Å². The van der Waals surface area contributed by atoms with Crippen molar-refractivity contribution in [3.05, 3.63) is 0 Å². The van der Waals surface area contributed by atoms with E-state index in [0.717, 1.165) is 0 Å². The summed E-state index contributed by atoms with van der Waals surface area (Å²) in [5.41, 5.74) is 0.696. The van der Waals surface area contributed by atoms with Crippen LogP contribution in [0.1, 0.15) is 12.8 Å². The Morgan fingerprint density at radius 3 is 2.67 bits per heavy atom. The minimum absolute atomic E-state index is 0.658. The summed E-state index contributed by atoms with van der Waals surface area (Å²) < 4.78 is 2.77. The van der Waals surface area contributed by atoms with E-state index in [1.807, 2.05) is 0 Å². The van der Waals surface area contributed by atoms with Crippen LogP contribution in [0.25, 0.3) is 0 Å². The van der Waals surface area contributed by atoms with Gasteiger partial charge < -0.3 is 0 Å². The summed E-state index contributed by atoms with van der Waals surface area (Å²) in [6.07, 6.45) is 2.88. The van der Waals surface area contributed by atoms with Crippen LogP contribution >= 0.6 is 20.1 Å². The first-order chi connectivity index (χ1) is 5.72. The summed E-state index contributed by atoms with van der Waals surface area (Å²) in [7, 11) is 0. The number of alkyl halides is 2. The van der Waals surface area contributed by atoms with E-state index in [9.17, 15) is 0 Å². The third kappa shape index (κ3) is 1.63. The molecule has 2 fully saturated rings. The Balaban J connectivity index is 1.96. The van der Waals surface area contributed by atoms with Crippen molar-refractivity contribution < 1.29 is 0 Å². The third-order valence-corrected chi connectivity index (χ3v) is 6.75. The van der Waals surface area contributed by atoms with Crippen molar-refractivity contribution in [3.63, 3.8) is 0 Å². The second-order valence-corrected chi connectivity index (χ2v) is 9.69. The van der Waals surface area contributed by atoms with Crippen molar-refractivity contribution in [2.24, 2.45) is 5.41 Å². The molecule has 1 atom stereocenters. The van der Waals surface area contributed by atoms with E-state index in [4.69, 9.17) is 0 Å². The molecule has 0 bridgehead atoms. The first-order valence-electron chi connectivity index (χ1n) is 4.68. The zero-order chi connectivity index (χ0) is 8.60. The van der Waals surface area contributed by atoms with Gasteiger partial charge in [0, 0.05) is 0 Å². The molecule has 1 N–H and O–H groups in total. The molecule has 12 heavy (non-hydrogen) atoms.